The molecule has 1 aromatic carbocycles. The summed E-state index contributed by atoms with van der Waals surface area (Å²) in [4.78, 5) is 18.6. The molecule has 1 unspecified atom stereocenters. The molecule has 0 saturated heterocycles. The van der Waals surface area contributed by atoms with E-state index in [0.29, 0.717) is 18.1 Å². The molecule has 5 nitrogen and oxygen atoms in total. The summed E-state index contributed by atoms with van der Waals surface area (Å²) in [6.07, 6.45) is 2.28. The number of hydrogen-bond acceptors (Lipinski definition) is 4. The van der Waals surface area contributed by atoms with Gasteiger partial charge >= 0.3 is 0 Å². The maximum atomic E-state index is 12.6. The lowest BCUT2D eigenvalue weighted by molar-refractivity contribution is 0.0984. The Morgan fingerprint density at radius 1 is 1.38 bits per heavy atom. The van der Waals surface area contributed by atoms with E-state index in [1.165, 1.54) is 11.8 Å². The summed E-state index contributed by atoms with van der Waals surface area (Å²) in [7, 11) is 0. The van der Waals surface area contributed by atoms with Crippen molar-refractivity contribution in [2.24, 2.45) is 11.7 Å². The highest BCUT2D eigenvalue weighted by Crippen LogP contribution is 2.29. The molecule has 3 rings (SSSR count). The van der Waals surface area contributed by atoms with Gasteiger partial charge in [-0.3, -0.25) is 4.79 Å². The van der Waals surface area contributed by atoms with Gasteiger partial charge in [-0.15, -0.1) is 0 Å². The number of anilines is 1. The van der Waals surface area contributed by atoms with Gasteiger partial charge in [-0.2, -0.15) is 0 Å². The van der Waals surface area contributed by atoms with Gasteiger partial charge in [-0.1, -0.05) is 32.0 Å². The Balaban J connectivity index is 1.84. The second-order valence-electron chi connectivity index (χ2n) is 5.68. The van der Waals surface area contributed by atoms with E-state index in [9.17, 15) is 4.79 Å². The zero-order valence-electron chi connectivity index (χ0n) is 12.2. The third kappa shape index (κ3) is 2.45. The van der Waals surface area contributed by atoms with E-state index in [0.717, 1.165) is 12.1 Å². The van der Waals surface area contributed by atoms with Gasteiger partial charge < -0.3 is 15.1 Å². The number of amides is 1. The van der Waals surface area contributed by atoms with Gasteiger partial charge in [0.25, 0.3) is 5.91 Å². The highest BCUT2D eigenvalue weighted by molar-refractivity contribution is 6.05. The number of oxazole rings is 1. The number of nitrogens with zero attached hydrogens (tertiary/aromatic N) is 2. The molecule has 110 valence electrons. The van der Waals surface area contributed by atoms with Gasteiger partial charge in [0.1, 0.15) is 6.26 Å². The van der Waals surface area contributed by atoms with Crippen molar-refractivity contribution < 1.29 is 9.21 Å². The Labute approximate surface area is 123 Å². The smallest absolute Gasteiger partial charge is 0.280 e. The summed E-state index contributed by atoms with van der Waals surface area (Å²) in [5.41, 5.74) is 8.46. The highest BCUT2D eigenvalue weighted by atomic mass is 16.3. The van der Waals surface area contributed by atoms with Crippen molar-refractivity contribution in [3.63, 3.8) is 0 Å². The lowest BCUT2D eigenvalue weighted by atomic mass is 10.1. The van der Waals surface area contributed by atoms with Crippen LogP contribution < -0.4 is 10.6 Å². The molecule has 0 fully saturated rings. The first-order valence-electron chi connectivity index (χ1n) is 7.18. The molecular formula is C16H19N3O2. The average Bonchev–Trinajstić information content (AvgIpc) is 3.12. The molecule has 21 heavy (non-hydrogen) atoms. The number of rotatable bonds is 3. The third-order valence-corrected chi connectivity index (χ3v) is 3.88. The van der Waals surface area contributed by atoms with Crippen molar-refractivity contribution in [2.45, 2.75) is 26.3 Å². The second kappa shape index (κ2) is 5.33. The minimum atomic E-state index is -0.294. The van der Waals surface area contributed by atoms with Crippen LogP contribution in [0.15, 0.2) is 34.9 Å². The molecule has 0 bridgehead atoms. The molecule has 1 aromatic heterocycles. The van der Waals surface area contributed by atoms with Crippen molar-refractivity contribution in [1.29, 1.82) is 0 Å². The van der Waals surface area contributed by atoms with Crippen LogP contribution in [-0.2, 0) is 6.42 Å². The molecule has 0 spiro atoms. The Morgan fingerprint density at radius 3 is 2.90 bits per heavy atom. The van der Waals surface area contributed by atoms with Crippen LogP contribution in [0.1, 0.15) is 41.8 Å². The average molecular weight is 285 g/mol. The molecule has 0 radical (unpaired) electrons. The van der Waals surface area contributed by atoms with Gasteiger partial charge in [0.2, 0.25) is 5.89 Å². The number of carbonyl (C=O) groups is 1. The first-order valence-corrected chi connectivity index (χ1v) is 7.18. The van der Waals surface area contributed by atoms with Crippen LogP contribution in [0.3, 0.4) is 0 Å². The summed E-state index contributed by atoms with van der Waals surface area (Å²) >= 11 is 0. The fourth-order valence-corrected chi connectivity index (χ4v) is 2.51. The summed E-state index contributed by atoms with van der Waals surface area (Å²) < 4.78 is 5.37. The van der Waals surface area contributed by atoms with Crippen LogP contribution in [0, 0.1) is 5.92 Å². The zero-order chi connectivity index (χ0) is 15.0. The molecule has 2 heterocycles. The van der Waals surface area contributed by atoms with Gasteiger partial charge in [0.15, 0.2) is 5.69 Å². The maximum absolute atomic E-state index is 12.6. The maximum Gasteiger partial charge on any atom is 0.280 e. The van der Waals surface area contributed by atoms with Crippen molar-refractivity contribution in [3.05, 3.63) is 47.7 Å². The number of nitrogens with two attached hydrogens (primary N) is 1. The lowest BCUT2D eigenvalue weighted by Gasteiger charge is -2.15. The van der Waals surface area contributed by atoms with Crippen LogP contribution in [0.25, 0.3) is 0 Å². The Bertz CT molecular complexity index is 663. The molecule has 2 N–H and O–H groups in total. The van der Waals surface area contributed by atoms with E-state index in [1.54, 1.807) is 4.90 Å². The summed E-state index contributed by atoms with van der Waals surface area (Å²) in [5.74, 6) is 0.492. The molecule has 5 heteroatoms. The largest absolute Gasteiger partial charge is 0.446 e. The summed E-state index contributed by atoms with van der Waals surface area (Å²) in [6.45, 7) is 4.66. The van der Waals surface area contributed by atoms with E-state index in [2.05, 4.69) is 4.98 Å². The molecule has 0 saturated carbocycles. The molecule has 2 aromatic rings. The fourth-order valence-electron chi connectivity index (χ4n) is 2.51. The Morgan fingerprint density at radius 2 is 2.14 bits per heavy atom. The number of para-hydroxylation sites is 1. The van der Waals surface area contributed by atoms with Crippen molar-refractivity contribution >= 4 is 11.6 Å². The van der Waals surface area contributed by atoms with Crippen LogP contribution in [0.4, 0.5) is 5.69 Å². The van der Waals surface area contributed by atoms with E-state index in [4.69, 9.17) is 10.2 Å². The minimum absolute atomic E-state index is 0.133. The molecular weight excluding hydrogens is 266 g/mol. The summed E-state index contributed by atoms with van der Waals surface area (Å²) in [6, 6.07) is 7.64. The molecule has 1 aliphatic heterocycles. The quantitative estimate of drug-likeness (QED) is 0.940. The normalized spacial score (nSPS) is 15.3. The predicted molar refractivity (Wildman–Crippen MR) is 80.1 cm³/mol. The molecule has 0 aliphatic carbocycles. The second-order valence-corrected chi connectivity index (χ2v) is 5.68. The number of fused-ring (bicyclic) bond motifs is 1. The van der Waals surface area contributed by atoms with E-state index in [1.807, 2.05) is 38.1 Å². The number of aromatic nitrogens is 1. The van der Waals surface area contributed by atoms with E-state index >= 15 is 0 Å². The summed E-state index contributed by atoms with van der Waals surface area (Å²) in [5, 5.41) is 0. The number of benzene rings is 1. The van der Waals surface area contributed by atoms with Crippen LogP contribution in [0.2, 0.25) is 0 Å². The van der Waals surface area contributed by atoms with Crippen LogP contribution in [-0.4, -0.2) is 17.4 Å². The predicted octanol–water partition coefficient (Wildman–Crippen LogP) is 2.53. The van der Waals surface area contributed by atoms with E-state index in [-0.39, 0.29) is 17.9 Å². The molecule has 1 amide bonds. The van der Waals surface area contributed by atoms with Crippen molar-refractivity contribution in [1.82, 2.24) is 4.98 Å². The monoisotopic (exact) mass is 285 g/mol. The Hall–Kier alpha value is -2.14. The number of carbonyl (C=O) groups excluding carboxylic acids is 1. The standard InChI is InChI=1S/C16H19N3O2/c1-10(2)14(17)15-18-12(9-21-15)16(20)19-8-7-11-5-3-4-6-13(11)19/h3-6,9-10,14H,7-8,17H2,1-2H3. The topological polar surface area (TPSA) is 72.4 Å². The molecule has 1 aliphatic rings. The van der Waals surface area contributed by atoms with Crippen LogP contribution >= 0.6 is 0 Å². The highest BCUT2D eigenvalue weighted by Gasteiger charge is 2.28. The van der Waals surface area contributed by atoms with Crippen molar-refractivity contribution in [2.75, 3.05) is 11.4 Å². The molecule has 1 atom stereocenters. The first kappa shape index (κ1) is 13.8. The van der Waals surface area contributed by atoms with Gasteiger partial charge in [-0.25, -0.2) is 4.98 Å². The third-order valence-electron chi connectivity index (χ3n) is 3.88. The van der Waals surface area contributed by atoms with Gasteiger partial charge in [0, 0.05) is 12.2 Å². The SMILES string of the molecule is CC(C)C(N)c1nc(C(=O)N2CCc3ccccc32)co1. The minimum Gasteiger partial charge on any atom is -0.446 e. The Kier molecular flexibility index (Phi) is 3.51. The van der Waals surface area contributed by atoms with Gasteiger partial charge in [0.05, 0.1) is 6.04 Å². The van der Waals surface area contributed by atoms with Crippen molar-refractivity contribution in [3.8, 4) is 0 Å². The van der Waals surface area contributed by atoms with Gasteiger partial charge in [-0.05, 0) is 24.0 Å². The first-order chi connectivity index (χ1) is 10.1. The fraction of sp³-hybridized carbons (Fsp3) is 0.375. The van der Waals surface area contributed by atoms with Crippen LogP contribution in [0.5, 0.6) is 0 Å². The number of hydrogen-bond donors (Lipinski definition) is 1. The lowest BCUT2D eigenvalue weighted by Crippen LogP contribution is -2.29. The van der Waals surface area contributed by atoms with E-state index < -0.39 is 0 Å². The zero-order valence-corrected chi connectivity index (χ0v) is 12.2.